The minimum atomic E-state index is 0.575. The molecule has 0 fully saturated rings. The van der Waals surface area contributed by atoms with Crippen LogP contribution in [0.1, 0.15) is 22.3 Å². The molecule has 0 aliphatic carbocycles. The summed E-state index contributed by atoms with van der Waals surface area (Å²) in [5, 5.41) is 9.33. The first-order chi connectivity index (χ1) is 12.6. The van der Waals surface area contributed by atoms with Gasteiger partial charge in [0.05, 0.1) is 11.3 Å². The van der Waals surface area contributed by atoms with Gasteiger partial charge in [-0.15, -0.1) is 0 Å². The Morgan fingerprint density at radius 2 is 1.65 bits per heavy atom. The van der Waals surface area contributed by atoms with Crippen molar-refractivity contribution < 1.29 is 0 Å². The van der Waals surface area contributed by atoms with Crippen molar-refractivity contribution in [3.05, 3.63) is 77.0 Å². The molecule has 4 nitrogen and oxygen atoms in total. The number of para-hydroxylation sites is 1. The van der Waals surface area contributed by atoms with Gasteiger partial charge in [-0.1, -0.05) is 35.9 Å². The van der Waals surface area contributed by atoms with E-state index in [4.69, 9.17) is 0 Å². The van der Waals surface area contributed by atoms with Gasteiger partial charge in [0.1, 0.15) is 12.7 Å². The highest BCUT2D eigenvalue weighted by atomic mass is 15.4. The second-order valence-corrected chi connectivity index (χ2v) is 6.76. The number of pyridine rings is 1. The molecule has 0 saturated carbocycles. The SMILES string of the molecule is Cc1cc(C)c(N2CN(c3ccccc3)c3ncc(C#N)cc32)c(C)c1. The molecule has 3 aromatic rings. The number of benzene rings is 2. The maximum atomic E-state index is 9.33. The van der Waals surface area contributed by atoms with E-state index in [-0.39, 0.29) is 0 Å². The topological polar surface area (TPSA) is 43.2 Å². The molecule has 1 aliphatic rings. The Kier molecular flexibility index (Phi) is 3.85. The average molecular weight is 340 g/mol. The zero-order valence-corrected chi connectivity index (χ0v) is 15.2. The number of nitrogens with zero attached hydrogens (tertiary/aromatic N) is 4. The van der Waals surface area contributed by atoms with Gasteiger partial charge in [-0.25, -0.2) is 4.98 Å². The summed E-state index contributed by atoms with van der Waals surface area (Å²) >= 11 is 0. The summed E-state index contributed by atoms with van der Waals surface area (Å²) in [4.78, 5) is 9.06. The number of fused-ring (bicyclic) bond motifs is 1. The Morgan fingerprint density at radius 3 is 2.31 bits per heavy atom. The Hall–Kier alpha value is -3.32. The van der Waals surface area contributed by atoms with Gasteiger partial charge in [-0.2, -0.15) is 5.26 Å². The second kappa shape index (κ2) is 6.20. The van der Waals surface area contributed by atoms with Crippen LogP contribution in [0.25, 0.3) is 0 Å². The van der Waals surface area contributed by atoms with Crippen LogP contribution in [0.5, 0.6) is 0 Å². The maximum absolute atomic E-state index is 9.33. The van der Waals surface area contributed by atoms with Gasteiger partial charge in [-0.3, -0.25) is 0 Å². The van der Waals surface area contributed by atoms with Crippen molar-refractivity contribution in [2.45, 2.75) is 20.8 Å². The summed E-state index contributed by atoms with van der Waals surface area (Å²) in [5.74, 6) is 0.884. The lowest BCUT2D eigenvalue weighted by Crippen LogP contribution is -2.25. The van der Waals surface area contributed by atoms with Gasteiger partial charge >= 0.3 is 0 Å². The molecule has 4 rings (SSSR count). The number of anilines is 4. The molecule has 0 saturated heterocycles. The van der Waals surface area contributed by atoms with Crippen LogP contribution < -0.4 is 9.80 Å². The Labute approximate surface area is 153 Å². The molecule has 0 bridgehead atoms. The highest BCUT2D eigenvalue weighted by Crippen LogP contribution is 2.45. The van der Waals surface area contributed by atoms with Gasteiger partial charge in [0, 0.05) is 17.6 Å². The van der Waals surface area contributed by atoms with Crippen LogP contribution >= 0.6 is 0 Å². The largest absolute Gasteiger partial charge is 0.319 e. The molecule has 4 heteroatoms. The fourth-order valence-electron chi connectivity index (χ4n) is 3.80. The van der Waals surface area contributed by atoms with Crippen LogP contribution in [0, 0.1) is 32.1 Å². The molecule has 0 unspecified atom stereocenters. The third-order valence-electron chi connectivity index (χ3n) is 4.78. The Bertz CT molecular complexity index is 995. The first-order valence-electron chi connectivity index (χ1n) is 8.66. The van der Waals surface area contributed by atoms with Crippen molar-refractivity contribution in [2.24, 2.45) is 0 Å². The van der Waals surface area contributed by atoms with Crippen molar-refractivity contribution in [1.82, 2.24) is 4.98 Å². The monoisotopic (exact) mass is 340 g/mol. The Balaban J connectivity index is 1.90. The normalized spacial score (nSPS) is 12.8. The van der Waals surface area contributed by atoms with Crippen molar-refractivity contribution >= 4 is 22.9 Å². The molecule has 0 radical (unpaired) electrons. The highest BCUT2D eigenvalue weighted by molar-refractivity contribution is 5.86. The molecule has 0 amide bonds. The van der Waals surface area contributed by atoms with E-state index in [1.165, 1.54) is 22.4 Å². The van der Waals surface area contributed by atoms with Crippen molar-refractivity contribution in [3.8, 4) is 6.07 Å². The number of rotatable bonds is 2. The van der Waals surface area contributed by atoms with E-state index in [2.05, 4.69) is 65.9 Å². The minimum Gasteiger partial charge on any atom is -0.319 e. The first-order valence-corrected chi connectivity index (χ1v) is 8.66. The van der Waals surface area contributed by atoms with E-state index in [0.717, 1.165) is 17.2 Å². The molecule has 128 valence electrons. The van der Waals surface area contributed by atoms with Crippen LogP contribution in [0.4, 0.5) is 22.9 Å². The number of nitriles is 1. The predicted molar refractivity (Wildman–Crippen MR) is 105 cm³/mol. The lowest BCUT2D eigenvalue weighted by Gasteiger charge is -2.25. The van der Waals surface area contributed by atoms with E-state index in [1.807, 2.05) is 24.3 Å². The number of aryl methyl sites for hydroxylation is 3. The lowest BCUT2D eigenvalue weighted by atomic mass is 10.0. The van der Waals surface area contributed by atoms with E-state index in [9.17, 15) is 5.26 Å². The number of hydrogen-bond acceptors (Lipinski definition) is 4. The van der Waals surface area contributed by atoms with E-state index in [1.54, 1.807) is 6.20 Å². The third kappa shape index (κ3) is 2.58. The molecule has 0 atom stereocenters. The number of hydrogen-bond donors (Lipinski definition) is 0. The standard InChI is InChI=1S/C22H20N4/c1-15-9-16(2)21(17(3)10-15)26-14-25(19-7-5-4-6-8-19)22-20(26)11-18(12-23)13-24-22/h4-11,13H,14H2,1-3H3. The van der Waals surface area contributed by atoms with Gasteiger partial charge in [0.25, 0.3) is 0 Å². The zero-order chi connectivity index (χ0) is 18.3. The van der Waals surface area contributed by atoms with Crippen molar-refractivity contribution in [2.75, 3.05) is 16.5 Å². The summed E-state index contributed by atoms with van der Waals surface area (Å²) in [6, 6.07) is 18.8. The van der Waals surface area contributed by atoms with Gasteiger partial charge < -0.3 is 9.80 Å². The summed E-state index contributed by atoms with van der Waals surface area (Å²) in [7, 11) is 0. The molecule has 1 aromatic heterocycles. The Morgan fingerprint density at radius 1 is 0.962 bits per heavy atom. The first kappa shape index (κ1) is 16.2. The lowest BCUT2D eigenvalue weighted by molar-refractivity contribution is 0.971. The number of aromatic nitrogens is 1. The molecular weight excluding hydrogens is 320 g/mol. The van der Waals surface area contributed by atoms with Crippen LogP contribution in [-0.2, 0) is 0 Å². The van der Waals surface area contributed by atoms with Gasteiger partial charge in [-0.05, 0) is 50.1 Å². The summed E-state index contributed by atoms with van der Waals surface area (Å²) < 4.78 is 0. The predicted octanol–water partition coefficient (Wildman–Crippen LogP) is 5.13. The third-order valence-corrected chi connectivity index (χ3v) is 4.78. The molecule has 2 aromatic carbocycles. The molecule has 26 heavy (non-hydrogen) atoms. The van der Waals surface area contributed by atoms with Crippen LogP contribution in [-0.4, -0.2) is 11.7 Å². The molecule has 0 N–H and O–H groups in total. The van der Waals surface area contributed by atoms with Gasteiger partial charge in [0.15, 0.2) is 5.82 Å². The van der Waals surface area contributed by atoms with Crippen LogP contribution in [0.3, 0.4) is 0 Å². The quantitative estimate of drug-likeness (QED) is 0.649. The van der Waals surface area contributed by atoms with Crippen molar-refractivity contribution in [1.29, 1.82) is 5.26 Å². The average Bonchev–Trinajstić information content (AvgIpc) is 3.00. The van der Waals surface area contributed by atoms with Crippen molar-refractivity contribution in [3.63, 3.8) is 0 Å². The van der Waals surface area contributed by atoms with Crippen LogP contribution in [0.2, 0.25) is 0 Å². The zero-order valence-electron chi connectivity index (χ0n) is 15.2. The second-order valence-electron chi connectivity index (χ2n) is 6.76. The minimum absolute atomic E-state index is 0.575. The summed E-state index contributed by atoms with van der Waals surface area (Å²) in [6.07, 6.45) is 1.65. The van der Waals surface area contributed by atoms with E-state index >= 15 is 0 Å². The molecular formula is C22H20N4. The smallest absolute Gasteiger partial charge is 0.158 e. The van der Waals surface area contributed by atoms with Gasteiger partial charge in [0.2, 0.25) is 0 Å². The molecule has 0 spiro atoms. The fourth-order valence-corrected chi connectivity index (χ4v) is 3.80. The molecule has 2 heterocycles. The summed E-state index contributed by atoms with van der Waals surface area (Å²) in [6.45, 7) is 7.07. The fraction of sp³-hybridized carbons (Fsp3) is 0.182. The van der Waals surface area contributed by atoms with E-state index in [0.29, 0.717) is 12.2 Å². The highest BCUT2D eigenvalue weighted by Gasteiger charge is 2.31. The maximum Gasteiger partial charge on any atom is 0.158 e. The summed E-state index contributed by atoms with van der Waals surface area (Å²) in [5.41, 5.74) is 7.54. The molecule has 1 aliphatic heterocycles. The van der Waals surface area contributed by atoms with E-state index < -0.39 is 0 Å². The van der Waals surface area contributed by atoms with Crippen LogP contribution in [0.15, 0.2) is 54.7 Å².